The van der Waals surface area contributed by atoms with Gasteiger partial charge in [-0.15, -0.1) is 0 Å². The first kappa shape index (κ1) is 18.8. The predicted octanol–water partition coefficient (Wildman–Crippen LogP) is 2.80. The fraction of sp³-hybridized carbons (Fsp3) is 0.682. The quantitative estimate of drug-likeness (QED) is 0.835. The lowest BCUT2D eigenvalue weighted by atomic mass is 9.91. The summed E-state index contributed by atoms with van der Waals surface area (Å²) < 4.78 is 6.04. The number of carbonyl (C=O) groups excluding carboxylic acids is 1. The molecule has 5 heteroatoms. The summed E-state index contributed by atoms with van der Waals surface area (Å²) in [6, 6.07) is 8.45. The van der Waals surface area contributed by atoms with Crippen molar-refractivity contribution in [1.29, 1.82) is 0 Å². The Kier molecular flexibility index (Phi) is 5.98. The smallest absolute Gasteiger partial charge is 0.240 e. The molecule has 2 heterocycles. The highest BCUT2D eigenvalue weighted by atomic mass is 16.5. The standard InChI is InChI=1S/C22H33N3O2/c26-21-22(9-2-3-10-22)25(14-11-23-21)18-19-7-6-8-20(17-19)27-16-15-24-12-4-1-5-13-24/h6-8,17H,1-5,9-16,18H2,(H,23,26). The second-order valence-corrected chi connectivity index (χ2v) is 8.31. The van der Waals surface area contributed by atoms with Gasteiger partial charge in [-0.2, -0.15) is 0 Å². The van der Waals surface area contributed by atoms with Crippen LogP contribution in [0.25, 0.3) is 0 Å². The third-order valence-corrected chi connectivity index (χ3v) is 6.52. The zero-order valence-electron chi connectivity index (χ0n) is 16.4. The molecule has 1 aromatic rings. The second kappa shape index (κ2) is 8.61. The van der Waals surface area contributed by atoms with Crippen molar-refractivity contribution in [2.75, 3.05) is 39.3 Å². The van der Waals surface area contributed by atoms with Gasteiger partial charge in [0.05, 0.1) is 0 Å². The summed E-state index contributed by atoms with van der Waals surface area (Å²) in [4.78, 5) is 17.5. The maximum absolute atomic E-state index is 12.6. The van der Waals surface area contributed by atoms with E-state index in [9.17, 15) is 4.79 Å². The number of amides is 1. The Labute approximate surface area is 163 Å². The lowest BCUT2D eigenvalue weighted by Crippen LogP contribution is -2.63. The Bertz CT molecular complexity index is 636. The van der Waals surface area contributed by atoms with Crippen molar-refractivity contribution in [2.24, 2.45) is 0 Å². The highest BCUT2D eigenvalue weighted by Gasteiger charge is 2.47. The second-order valence-electron chi connectivity index (χ2n) is 8.31. The molecule has 1 N–H and O–H groups in total. The van der Waals surface area contributed by atoms with Crippen LogP contribution in [0.5, 0.6) is 5.75 Å². The fourth-order valence-electron chi connectivity index (χ4n) is 4.99. The van der Waals surface area contributed by atoms with Crippen molar-refractivity contribution >= 4 is 5.91 Å². The molecule has 0 radical (unpaired) electrons. The Morgan fingerprint density at radius 1 is 1.04 bits per heavy atom. The largest absolute Gasteiger partial charge is 0.492 e. The molecule has 3 fully saturated rings. The topological polar surface area (TPSA) is 44.8 Å². The van der Waals surface area contributed by atoms with Crippen LogP contribution < -0.4 is 10.1 Å². The molecule has 2 saturated heterocycles. The summed E-state index contributed by atoms with van der Waals surface area (Å²) in [5, 5.41) is 3.09. The van der Waals surface area contributed by atoms with Gasteiger partial charge in [0, 0.05) is 26.2 Å². The van der Waals surface area contributed by atoms with E-state index in [1.165, 1.54) is 37.9 Å². The zero-order chi connectivity index (χ0) is 18.5. The van der Waals surface area contributed by atoms with Crippen LogP contribution in [0.4, 0.5) is 0 Å². The number of nitrogens with one attached hydrogen (secondary N) is 1. The SMILES string of the molecule is O=C1NCCN(Cc2cccc(OCCN3CCCCC3)c2)C12CCCC2. The summed E-state index contributed by atoms with van der Waals surface area (Å²) in [5.74, 6) is 1.19. The van der Waals surface area contributed by atoms with E-state index >= 15 is 0 Å². The molecular formula is C22H33N3O2. The van der Waals surface area contributed by atoms with Crippen LogP contribution in [0.1, 0.15) is 50.5 Å². The molecule has 3 aliphatic rings. The first-order valence-electron chi connectivity index (χ1n) is 10.7. The lowest BCUT2D eigenvalue weighted by molar-refractivity contribution is -0.137. The van der Waals surface area contributed by atoms with Crippen LogP contribution in [-0.2, 0) is 11.3 Å². The van der Waals surface area contributed by atoms with E-state index in [4.69, 9.17) is 4.74 Å². The van der Waals surface area contributed by atoms with Crippen LogP contribution in [0.15, 0.2) is 24.3 Å². The van der Waals surface area contributed by atoms with Crippen molar-refractivity contribution in [1.82, 2.24) is 15.1 Å². The summed E-state index contributed by atoms with van der Waals surface area (Å²) in [7, 11) is 0. The molecule has 0 atom stereocenters. The van der Waals surface area contributed by atoms with Crippen molar-refractivity contribution in [3.05, 3.63) is 29.8 Å². The number of likely N-dealkylation sites (tertiary alicyclic amines) is 1. The minimum Gasteiger partial charge on any atom is -0.492 e. The molecular weight excluding hydrogens is 338 g/mol. The molecule has 1 aliphatic carbocycles. The molecule has 0 unspecified atom stereocenters. The van der Waals surface area contributed by atoms with E-state index < -0.39 is 0 Å². The Morgan fingerprint density at radius 2 is 1.85 bits per heavy atom. The molecule has 1 amide bonds. The normalized spacial score (nSPS) is 23.5. The maximum Gasteiger partial charge on any atom is 0.240 e. The van der Waals surface area contributed by atoms with Gasteiger partial charge >= 0.3 is 0 Å². The molecule has 5 nitrogen and oxygen atoms in total. The van der Waals surface area contributed by atoms with Gasteiger partial charge in [0.1, 0.15) is 17.9 Å². The van der Waals surface area contributed by atoms with Gasteiger partial charge in [-0.1, -0.05) is 31.4 Å². The lowest BCUT2D eigenvalue weighted by Gasteiger charge is -2.43. The fourth-order valence-corrected chi connectivity index (χ4v) is 4.99. The van der Waals surface area contributed by atoms with Gasteiger partial charge < -0.3 is 10.1 Å². The van der Waals surface area contributed by atoms with E-state index in [0.717, 1.165) is 64.2 Å². The third-order valence-electron chi connectivity index (χ3n) is 6.52. The first-order chi connectivity index (χ1) is 13.3. The number of piperazine rings is 1. The number of rotatable bonds is 6. The van der Waals surface area contributed by atoms with E-state index in [1.54, 1.807) is 0 Å². The number of ether oxygens (including phenoxy) is 1. The molecule has 2 aliphatic heterocycles. The van der Waals surface area contributed by atoms with Gasteiger partial charge in [0.15, 0.2) is 0 Å². The molecule has 1 aromatic carbocycles. The van der Waals surface area contributed by atoms with Crippen LogP contribution in [-0.4, -0.2) is 60.6 Å². The maximum atomic E-state index is 12.6. The van der Waals surface area contributed by atoms with Gasteiger partial charge in [-0.05, 0) is 56.5 Å². The van der Waals surface area contributed by atoms with Gasteiger partial charge in [0.25, 0.3) is 0 Å². The number of hydrogen-bond acceptors (Lipinski definition) is 4. The number of carbonyl (C=O) groups is 1. The zero-order valence-corrected chi connectivity index (χ0v) is 16.4. The highest BCUT2D eigenvalue weighted by Crippen LogP contribution is 2.37. The Hall–Kier alpha value is -1.59. The van der Waals surface area contributed by atoms with Crippen molar-refractivity contribution in [3.63, 3.8) is 0 Å². The van der Waals surface area contributed by atoms with Crippen LogP contribution in [0, 0.1) is 0 Å². The molecule has 0 aromatic heterocycles. The van der Waals surface area contributed by atoms with E-state index in [0.29, 0.717) is 0 Å². The monoisotopic (exact) mass is 371 g/mol. The van der Waals surface area contributed by atoms with Crippen LogP contribution in [0.3, 0.4) is 0 Å². The molecule has 148 valence electrons. The van der Waals surface area contributed by atoms with Crippen LogP contribution in [0.2, 0.25) is 0 Å². The van der Waals surface area contributed by atoms with Crippen LogP contribution >= 0.6 is 0 Å². The van der Waals surface area contributed by atoms with Gasteiger partial charge in [-0.25, -0.2) is 0 Å². The predicted molar refractivity (Wildman–Crippen MR) is 107 cm³/mol. The Balaban J connectivity index is 1.35. The minimum atomic E-state index is -0.274. The summed E-state index contributed by atoms with van der Waals surface area (Å²) >= 11 is 0. The van der Waals surface area contributed by atoms with Gasteiger partial charge in [0.2, 0.25) is 5.91 Å². The first-order valence-corrected chi connectivity index (χ1v) is 10.7. The molecule has 1 spiro atoms. The van der Waals surface area contributed by atoms with Crippen molar-refractivity contribution in [3.8, 4) is 5.75 Å². The van der Waals surface area contributed by atoms with E-state index in [-0.39, 0.29) is 11.4 Å². The summed E-state index contributed by atoms with van der Waals surface area (Å²) in [5.41, 5.74) is 0.968. The van der Waals surface area contributed by atoms with Gasteiger partial charge in [-0.3, -0.25) is 14.6 Å². The van der Waals surface area contributed by atoms with E-state index in [1.807, 2.05) is 6.07 Å². The summed E-state index contributed by atoms with van der Waals surface area (Å²) in [6.07, 6.45) is 8.31. The van der Waals surface area contributed by atoms with E-state index in [2.05, 4.69) is 33.3 Å². The van der Waals surface area contributed by atoms with Crippen molar-refractivity contribution in [2.45, 2.75) is 57.0 Å². The third kappa shape index (κ3) is 4.30. The molecule has 1 saturated carbocycles. The number of nitrogens with zero attached hydrogens (tertiary/aromatic N) is 2. The average molecular weight is 372 g/mol. The number of piperidine rings is 1. The highest BCUT2D eigenvalue weighted by molar-refractivity contribution is 5.87. The minimum absolute atomic E-state index is 0.236. The molecule has 4 rings (SSSR count). The average Bonchev–Trinajstić information content (AvgIpc) is 3.18. The number of hydrogen-bond donors (Lipinski definition) is 1. The molecule has 0 bridgehead atoms. The van der Waals surface area contributed by atoms with Crippen molar-refractivity contribution < 1.29 is 9.53 Å². The number of benzene rings is 1. The summed E-state index contributed by atoms with van der Waals surface area (Å²) in [6.45, 7) is 6.71. The Morgan fingerprint density at radius 3 is 2.67 bits per heavy atom. The molecule has 27 heavy (non-hydrogen) atoms.